The van der Waals surface area contributed by atoms with Gasteiger partial charge in [-0.3, -0.25) is 4.79 Å². The molecule has 1 aliphatic rings. The molecule has 0 saturated carbocycles. The molecule has 0 aromatic carbocycles. The first-order chi connectivity index (χ1) is 10.7. The summed E-state index contributed by atoms with van der Waals surface area (Å²) in [6, 6.07) is 5.47. The molecule has 0 radical (unpaired) electrons. The van der Waals surface area contributed by atoms with Crippen LogP contribution in [0.4, 0.5) is 10.1 Å². The third-order valence-electron chi connectivity index (χ3n) is 4.13. The first-order valence-electron chi connectivity index (χ1n) is 7.82. The Balaban J connectivity index is 1.89. The molecule has 0 spiro atoms. The number of hydrogen-bond donors (Lipinski definition) is 1. The average Bonchev–Trinajstić information content (AvgIpc) is 2.53. The zero-order chi connectivity index (χ0) is 17.1. The molecule has 23 heavy (non-hydrogen) atoms. The van der Waals surface area contributed by atoms with Gasteiger partial charge in [-0.1, -0.05) is 20.8 Å². The molecule has 0 atom stereocenters. The molecule has 1 N–H and O–H groups in total. The van der Waals surface area contributed by atoms with E-state index >= 15 is 0 Å². The van der Waals surface area contributed by atoms with E-state index in [1.165, 1.54) is 0 Å². The fraction of sp³-hybridized carbons (Fsp3) is 0.588. The number of amides is 1. The van der Waals surface area contributed by atoms with Crippen LogP contribution in [0.5, 0.6) is 0 Å². The SMILES string of the molecule is CC(C)(C)C(=O)NCC1(F)CCN(c2ccc(C#N)nc2)CC1. The van der Waals surface area contributed by atoms with Gasteiger partial charge in [0.25, 0.3) is 0 Å². The van der Waals surface area contributed by atoms with Gasteiger partial charge in [-0.05, 0) is 12.1 Å². The van der Waals surface area contributed by atoms with Crippen molar-refractivity contribution in [3.05, 3.63) is 24.0 Å². The molecule has 2 rings (SSSR count). The Morgan fingerprint density at radius 2 is 2.09 bits per heavy atom. The third-order valence-corrected chi connectivity index (χ3v) is 4.13. The van der Waals surface area contributed by atoms with Crippen LogP contribution in [0, 0.1) is 16.7 Å². The molecule has 0 bridgehead atoms. The largest absolute Gasteiger partial charge is 0.370 e. The molecule has 6 heteroatoms. The van der Waals surface area contributed by atoms with Crippen molar-refractivity contribution in [2.24, 2.45) is 5.41 Å². The summed E-state index contributed by atoms with van der Waals surface area (Å²) >= 11 is 0. The Kier molecular flexibility index (Phi) is 4.88. The molecular weight excluding hydrogens is 295 g/mol. The van der Waals surface area contributed by atoms with Gasteiger partial charge in [0.2, 0.25) is 5.91 Å². The second kappa shape index (κ2) is 6.53. The van der Waals surface area contributed by atoms with E-state index in [2.05, 4.69) is 15.2 Å². The summed E-state index contributed by atoms with van der Waals surface area (Å²) in [7, 11) is 0. The van der Waals surface area contributed by atoms with E-state index < -0.39 is 11.1 Å². The molecule has 1 saturated heterocycles. The zero-order valence-electron chi connectivity index (χ0n) is 13.9. The Hall–Kier alpha value is -2.16. The number of nitriles is 1. The van der Waals surface area contributed by atoms with Crippen LogP contribution < -0.4 is 10.2 Å². The van der Waals surface area contributed by atoms with Crippen molar-refractivity contribution >= 4 is 11.6 Å². The number of aromatic nitrogens is 1. The number of hydrogen-bond acceptors (Lipinski definition) is 4. The smallest absolute Gasteiger partial charge is 0.225 e. The standard InChI is InChI=1S/C17H23FN4O/c1-16(2,3)15(23)21-12-17(18)6-8-22(9-7-17)14-5-4-13(10-19)20-11-14/h4-5,11H,6-9,12H2,1-3H3,(H,21,23). The molecule has 0 unspecified atom stereocenters. The number of nitrogens with zero attached hydrogens (tertiary/aromatic N) is 3. The van der Waals surface area contributed by atoms with E-state index in [1.807, 2.05) is 32.9 Å². The monoisotopic (exact) mass is 318 g/mol. The molecule has 5 nitrogen and oxygen atoms in total. The lowest BCUT2D eigenvalue weighted by atomic mass is 9.91. The van der Waals surface area contributed by atoms with Crippen LogP contribution in [-0.2, 0) is 4.79 Å². The molecule has 1 aromatic rings. The summed E-state index contributed by atoms with van der Waals surface area (Å²) in [6.45, 7) is 6.63. The molecular formula is C17H23FN4O. The number of pyridine rings is 1. The predicted octanol–water partition coefficient (Wildman–Crippen LogP) is 2.42. The van der Waals surface area contributed by atoms with Crippen LogP contribution in [0.3, 0.4) is 0 Å². The van der Waals surface area contributed by atoms with Crippen LogP contribution in [0.25, 0.3) is 0 Å². The van der Waals surface area contributed by atoms with E-state index in [-0.39, 0.29) is 12.5 Å². The predicted molar refractivity (Wildman–Crippen MR) is 86.7 cm³/mol. The summed E-state index contributed by atoms with van der Waals surface area (Å²) in [6.07, 6.45) is 2.36. The first kappa shape index (κ1) is 17.2. The van der Waals surface area contributed by atoms with Gasteiger partial charge in [0, 0.05) is 31.3 Å². The molecule has 1 aromatic heterocycles. The lowest BCUT2D eigenvalue weighted by molar-refractivity contribution is -0.129. The Morgan fingerprint density at radius 3 is 2.57 bits per heavy atom. The summed E-state index contributed by atoms with van der Waals surface area (Å²) in [5, 5.41) is 11.5. The Bertz CT molecular complexity index is 593. The number of carbonyl (C=O) groups excluding carboxylic acids is 1. The van der Waals surface area contributed by atoms with Crippen molar-refractivity contribution < 1.29 is 9.18 Å². The van der Waals surface area contributed by atoms with E-state index in [0.29, 0.717) is 31.6 Å². The molecule has 1 amide bonds. The van der Waals surface area contributed by atoms with Crippen LogP contribution >= 0.6 is 0 Å². The number of piperidine rings is 1. The van der Waals surface area contributed by atoms with Crippen LogP contribution in [0.2, 0.25) is 0 Å². The van der Waals surface area contributed by atoms with Gasteiger partial charge in [-0.25, -0.2) is 9.37 Å². The van der Waals surface area contributed by atoms with Crippen molar-refractivity contribution in [2.75, 3.05) is 24.5 Å². The fourth-order valence-electron chi connectivity index (χ4n) is 2.49. The number of anilines is 1. The Morgan fingerprint density at radius 1 is 1.43 bits per heavy atom. The number of carbonyl (C=O) groups is 1. The van der Waals surface area contributed by atoms with Crippen LogP contribution in [0.1, 0.15) is 39.3 Å². The van der Waals surface area contributed by atoms with Gasteiger partial charge in [0.15, 0.2) is 0 Å². The number of nitrogens with one attached hydrogen (secondary N) is 1. The van der Waals surface area contributed by atoms with Gasteiger partial charge < -0.3 is 10.2 Å². The summed E-state index contributed by atoms with van der Waals surface area (Å²) in [4.78, 5) is 18.0. The molecule has 124 valence electrons. The van der Waals surface area contributed by atoms with Crippen molar-refractivity contribution in [3.8, 4) is 6.07 Å². The molecule has 1 aliphatic heterocycles. The maximum Gasteiger partial charge on any atom is 0.225 e. The van der Waals surface area contributed by atoms with Gasteiger partial charge in [-0.15, -0.1) is 0 Å². The minimum absolute atomic E-state index is 0.0581. The number of halogens is 1. The highest BCUT2D eigenvalue weighted by Gasteiger charge is 2.36. The van der Waals surface area contributed by atoms with E-state index in [9.17, 15) is 9.18 Å². The van der Waals surface area contributed by atoms with Crippen molar-refractivity contribution in [2.45, 2.75) is 39.3 Å². The highest BCUT2D eigenvalue weighted by molar-refractivity contribution is 5.81. The normalized spacial score (nSPS) is 17.4. The maximum atomic E-state index is 14.8. The van der Waals surface area contributed by atoms with E-state index in [4.69, 9.17) is 5.26 Å². The van der Waals surface area contributed by atoms with Crippen molar-refractivity contribution in [1.82, 2.24) is 10.3 Å². The number of rotatable bonds is 3. The quantitative estimate of drug-likeness (QED) is 0.929. The minimum Gasteiger partial charge on any atom is -0.370 e. The lowest BCUT2D eigenvalue weighted by Gasteiger charge is -2.38. The summed E-state index contributed by atoms with van der Waals surface area (Å²) in [5.74, 6) is -0.131. The second-order valence-electron chi connectivity index (χ2n) is 7.08. The minimum atomic E-state index is -1.36. The van der Waals surface area contributed by atoms with Crippen LogP contribution in [0.15, 0.2) is 18.3 Å². The highest BCUT2D eigenvalue weighted by atomic mass is 19.1. The molecule has 0 aliphatic carbocycles. The fourth-order valence-corrected chi connectivity index (χ4v) is 2.49. The van der Waals surface area contributed by atoms with Gasteiger partial charge in [-0.2, -0.15) is 5.26 Å². The van der Waals surface area contributed by atoms with Crippen molar-refractivity contribution in [3.63, 3.8) is 0 Å². The van der Waals surface area contributed by atoms with E-state index in [1.54, 1.807) is 12.3 Å². The lowest BCUT2D eigenvalue weighted by Crippen LogP contribution is -2.50. The summed E-state index contributed by atoms with van der Waals surface area (Å²) in [5.41, 5.74) is -0.608. The maximum absolute atomic E-state index is 14.8. The molecule has 1 fully saturated rings. The van der Waals surface area contributed by atoms with E-state index in [0.717, 1.165) is 5.69 Å². The number of alkyl halides is 1. The topological polar surface area (TPSA) is 69.0 Å². The van der Waals surface area contributed by atoms with Gasteiger partial charge in [0.1, 0.15) is 17.4 Å². The molecule has 2 heterocycles. The third kappa shape index (κ3) is 4.41. The Labute approximate surface area is 136 Å². The summed E-state index contributed by atoms with van der Waals surface area (Å²) < 4.78 is 14.8. The second-order valence-corrected chi connectivity index (χ2v) is 7.08. The first-order valence-corrected chi connectivity index (χ1v) is 7.82. The average molecular weight is 318 g/mol. The highest BCUT2D eigenvalue weighted by Crippen LogP contribution is 2.29. The van der Waals surface area contributed by atoms with Gasteiger partial charge >= 0.3 is 0 Å². The van der Waals surface area contributed by atoms with Crippen molar-refractivity contribution in [1.29, 1.82) is 5.26 Å². The van der Waals surface area contributed by atoms with Gasteiger partial charge in [0.05, 0.1) is 18.4 Å². The zero-order valence-corrected chi connectivity index (χ0v) is 13.9. The van der Waals surface area contributed by atoms with Crippen LogP contribution in [-0.4, -0.2) is 36.2 Å².